The fraction of sp³-hybridized carbons (Fsp3) is 0.429. The lowest BCUT2D eigenvalue weighted by atomic mass is 10.1. The van der Waals surface area contributed by atoms with Crippen LogP contribution in [0, 0.1) is 17.6 Å². The molecule has 0 atom stereocenters. The predicted molar refractivity (Wildman–Crippen MR) is 74.4 cm³/mol. The molecule has 116 valence electrons. The third kappa shape index (κ3) is 4.40. The van der Waals surface area contributed by atoms with E-state index >= 15 is 0 Å². The molecule has 2 amide bonds. The number of hydrogen-bond acceptors (Lipinski definition) is 2. The number of nitrogens with one attached hydrogen (secondary N) is 1. The number of nitrogens with zero attached hydrogens (tertiary/aromatic N) is 1. The summed E-state index contributed by atoms with van der Waals surface area (Å²) in [4.78, 5) is 24.5. The molecule has 0 radical (unpaired) electrons. The SMILES string of the molecule is CCN(CC(C)C)C(=O)Nc1cc(F)c(F)cc1C(=O)O. The van der Waals surface area contributed by atoms with Gasteiger partial charge in [0, 0.05) is 19.2 Å². The molecule has 0 heterocycles. The van der Waals surface area contributed by atoms with Crippen molar-refractivity contribution in [2.24, 2.45) is 5.92 Å². The zero-order valence-corrected chi connectivity index (χ0v) is 12.1. The molecule has 5 nitrogen and oxygen atoms in total. The van der Waals surface area contributed by atoms with Crippen molar-refractivity contribution in [3.8, 4) is 0 Å². The third-order valence-electron chi connectivity index (χ3n) is 2.79. The van der Waals surface area contributed by atoms with Crippen molar-refractivity contribution in [3.63, 3.8) is 0 Å². The van der Waals surface area contributed by atoms with Gasteiger partial charge in [-0.3, -0.25) is 0 Å². The maximum atomic E-state index is 13.2. The highest BCUT2D eigenvalue weighted by molar-refractivity contribution is 6.00. The number of anilines is 1. The second-order valence-corrected chi connectivity index (χ2v) is 4.98. The Balaban J connectivity index is 3.03. The summed E-state index contributed by atoms with van der Waals surface area (Å²) in [5.74, 6) is -3.72. The van der Waals surface area contributed by atoms with Crippen molar-refractivity contribution in [3.05, 3.63) is 29.3 Å². The molecule has 21 heavy (non-hydrogen) atoms. The highest BCUT2D eigenvalue weighted by Gasteiger charge is 2.19. The smallest absolute Gasteiger partial charge is 0.337 e. The molecule has 1 rings (SSSR count). The summed E-state index contributed by atoms with van der Waals surface area (Å²) in [7, 11) is 0. The van der Waals surface area contributed by atoms with E-state index in [1.807, 2.05) is 13.8 Å². The van der Waals surface area contributed by atoms with Crippen LogP contribution in [0.2, 0.25) is 0 Å². The van der Waals surface area contributed by atoms with Crippen LogP contribution in [0.1, 0.15) is 31.1 Å². The molecule has 0 unspecified atom stereocenters. The van der Waals surface area contributed by atoms with Crippen molar-refractivity contribution >= 4 is 17.7 Å². The Kier molecular flexibility index (Phi) is 5.63. The van der Waals surface area contributed by atoms with Crippen LogP contribution >= 0.6 is 0 Å². The van der Waals surface area contributed by atoms with E-state index < -0.39 is 29.2 Å². The number of benzene rings is 1. The molecule has 0 aliphatic carbocycles. The Labute approximate surface area is 121 Å². The lowest BCUT2D eigenvalue weighted by Gasteiger charge is -2.23. The van der Waals surface area contributed by atoms with Crippen molar-refractivity contribution in [1.82, 2.24) is 4.90 Å². The Hall–Kier alpha value is -2.18. The fourth-order valence-corrected chi connectivity index (χ4v) is 1.82. The minimum absolute atomic E-state index is 0.222. The second kappa shape index (κ2) is 7.01. The number of amides is 2. The fourth-order valence-electron chi connectivity index (χ4n) is 1.82. The number of halogens is 2. The molecule has 0 saturated heterocycles. The van der Waals surface area contributed by atoms with E-state index in [1.54, 1.807) is 6.92 Å². The average molecular weight is 300 g/mol. The monoisotopic (exact) mass is 300 g/mol. The van der Waals surface area contributed by atoms with Crippen LogP contribution in [0.15, 0.2) is 12.1 Å². The van der Waals surface area contributed by atoms with Gasteiger partial charge in [-0.05, 0) is 18.9 Å². The van der Waals surface area contributed by atoms with E-state index in [0.717, 1.165) is 0 Å². The standard InChI is InChI=1S/C14H18F2N2O3/c1-4-18(7-8(2)3)14(21)17-12-6-11(16)10(15)5-9(12)13(19)20/h5-6,8H,4,7H2,1-3H3,(H,17,21)(H,19,20). The van der Waals surface area contributed by atoms with Crippen molar-refractivity contribution < 1.29 is 23.5 Å². The first-order valence-electron chi connectivity index (χ1n) is 6.54. The zero-order chi connectivity index (χ0) is 16.2. The highest BCUT2D eigenvalue weighted by Crippen LogP contribution is 2.20. The number of carboxylic acid groups (broad SMARTS) is 1. The Morgan fingerprint density at radius 1 is 1.29 bits per heavy atom. The van der Waals surface area contributed by atoms with Gasteiger partial charge in [-0.25, -0.2) is 18.4 Å². The minimum Gasteiger partial charge on any atom is -0.478 e. The minimum atomic E-state index is -1.45. The van der Waals surface area contributed by atoms with E-state index in [9.17, 15) is 18.4 Å². The molecule has 1 aromatic rings. The van der Waals surface area contributed by atoms with Crippen LogP contribution in [-0.4, -0.2) is 35.1 Å². The maximum Gasteiger partial charge on any atom is 0.337 e. The summed E-state index contributed by atoms with van der Waals surface area (Å²) in [5.41, 5.74) is -0.767. The quantitative estimate of drug-likeness (QED) is 0.877. The van der Waals surface area contributed by atoms with Crippen LogP contribution in [0.4, 0.5) is 19.3 Å². The summed E-state index contributed by atoms with van der Waals surface area (Å²) in [6, 6.07) is 0.658. The van der Waals surface area contributed by atoms with Crippen molar-refractivity contribution in [2.75, 3.05) is 18.4 Å². The topological polar surface area (TPSA) is 69.6 Å². The molecule has 0 fully saturated rings. The first kappa shape index (κ1) is 16.9. The Morgan fingerprint density at radius 3 is 2.33 bits per heavy atom. The maximum absolute atomic E-state index is 13.2. The average Bonchev–Trinajstić information content (AvgIpc) is 2.39. The lowest BCUT2D eigenvalue weighted by Crippen LogP contribution is -2.37. The molecule has 1 aromatic carbocycles. The summed E-state index contributed by atoms with van der Waals surface area (Å²) >= 11 is 0. The molecule has 2 N–H and O–H groups in total. The van der Waals surface area contributed by atoms with Gasteiger partial charge in [0.05, 0.1) is 11.3 Å². The van der Waals surface area contributed by atoms with E-state index in [1.165, 1.54) is 4.90 Å². The van der Waals surface area contributed by atoms with Crippen LogP contribution in [0.3, 0.4) is 0 Å². The summed E-state index contributed by atoms with van der Waals surface area (Å²) < 4.78 is 26.3. The van der Waals surface area contributed by atoms with Crippen molar-refractivity contribution in [1.29, 1.82) is 0 Å². The number of hydrogen-bond donors (Lipinski definition) is 2. The molecule has 7 heteroatoms. The van der Waals surface area contributed by atoms with Crippen LogP contribution in [0.5, 0.6) is 0 Å². The van der Waals surface area contributed by atoms with Crippen LogP contribution in [0.25, 0.3) is 0 Å². The van der Waals surface area contributed by atoms with Crippen molar-refractivity contribution in [2.45, 2.75) is 20.8 Å². The van der Waals surface area contributed by atoms with Gasteiger partial charge in [0.25, 0.3) is 0 Å². The molecule has 0 bridgehead atoms. The van der Waals surface area contributed by atoms with E-state index in [4.69, 9.17) is 5.11 Å². The molecule has 0 saturated carbocycles. The van der Waals surface area contributed by atoms with Gasteiger partial charge in [-0.15, -0.1) is 0 Å². The highest BCUT2D eigenvalue weighted by atomic mass is 19.2. The predicted octanol–water partition coefficient (Wildman–Crippen LogP) is 3.17. The number of urea groups is 1. The summed E-state index contributed by atoms with van der Waals surface area (Å²) in [5, 5.41) is 11.3. The normalized spacial score (nSPS) is 10.6. The van der Waals surface area contributed by atoms with E-state index in [0.29, 0.717) is 25.2 Å². The lowest BCUT2D eigenvalue weighted by molar-refractivity contribution is 0.0697. The van der Waals surface area contributed by atoms with E-state index in [-0.39, 0.29) is 11.6 Å². The number of carbonyl (C=O) groups excluding carboxylic acids is 1. The van der Waals surface area contributed by atoms with Crippen LogP contribution < -0.4 is 5.32 Å². The summed E-state index contributed by atoms with van der Waals surface area (Å²) in [6.45, 7) is 6.50. The van der Waals surface area contributed by atoms with Gasteiger partial charge >= 0.3 is 12.0 Å². The molecular weight excluding hydrogens is 282 g/mol. The van der Waals surface area contributed by atoms with Gasteiger partial charge in [-0.1, -0.05) is 13.8 Å². The number of carbonyl (C=O) groups is 2. The zero-order valence-electron chi connectivity index (χ0n) is 12.1. The Bertz CT molecular complexity index is 547. The van der Waals surface area contributed by atoms with E-state index in [2.05, 4.69) is 5.32 Å². The summed E-state index contributed by atoms with van der Waals surface area (Å²) in [6.07, 6.45) is 0. The van der Waals surface area contributed by atoms with Gasteiger partial charge in [0.1, 0.15) is 0 Å². The van der Waals surface area contributed by atoms with Crippen LogP contribution in [-0.2, 0) is 0 Å². The number of carboxylic acids is 1. The third-order valence-corrected chi connectivity index (χ3v) is 2.79. The first-order chi connectivity index (χ1) is 9.76. The van der Waals surface area contributed by atoms with Gasteiger partial charge < -0.3 is 15.3 Å². The first-order valence-corrected chi connectivity index (χ1v) is 6.54. The molecular formula is C14H18F2N2O3. The second-order valence-electron chi connectivity index (χ2n) is 4.98. The molecule has 0 aliphatic rings. The Morgan fingerprint density at radius 2 is 1.86 bits per heavy atom. The largest absolute Gasteiger partial charge is 0.478 e. The van der Waals surface area contributed by atoms with Gasteiger partial charge in [-0.2, -0.15) is 0 Å². The number of aromatic carboxylic acids is 1. The van der Waals surface area contributed by atoms with Gasteiger partial charge in [0.15, 0.2) is 11.6 Å². The molecule has 0 aromatic heterocycles. The molecule has 0 spiro atoms. The van der Waals surface area contributed by atoms with Gasteiger partial charge in [0.2, 0.25) is 0 Å². The molecule has 0 aliphatic heterocycles. The number of rotatable bonds is 5.